The van der Waals surface area contributed by atoms with Gasteiger partial charge in [0.1, 0.15) is 17.0 Å². The molecule has 0 unspecified atom stereocenters. The minimum absolute atomic E-state index is 0.0833. The lowest BCUT2D eigenvalue weighted by Crippen LogP contribution is -2.35. The van der Waals surface area contributed by atoms with Crippen LogP contribution in [0.15, 0.2) is 24.3 Å². The van der Waals surface area contributed by atoms with Crippen LogP contribution in [0.1, 0.15) is 30.3 Å². The van der Waals surface area contributed by atoms with Gasteiger partial charge >= 0.3 is 6.18 Å². The maximum absolute atomic E-state index is 13.2. The molecule has 0 bridgehead atoms. The highest BCUT2D eigenvalue weighted by Crippen LogP contribution is 2.34. The number of benzene rings is 1. The van der Waals surface area contributed by atoms with Crippen molar-refractivity contribution in [1.82, 2.24) is 29.4 Å². The number of aromatic nitrogens is 6. The zero-order chi connectivity index (χ0) is 22.6. The van der Waals surface area contributed by atoms with E-state index >= 15 is 0 Å². The van der Waals surface area contributed by atoms with Crippen molar-refractivity contribution in [3.63, 3.8) is 0 Å². The SMILES string of the molecule is COc1cccc2c1nc(N)n1nc([C@@H]3CCCN(c4cc(C(F)(F)F)n(C)n4)C3)nc21. The van der Waals surface area contributed by atoms with E-state index < -0.39 is 11.9 Å². The number of hydrogen-bond donors (Lipinski definition) is 1. The molecule has 0 saturated carbocycles. The largest absolute Gasteiger partial charge is 0.494 e. The van der Waals surface area contributed by atoms with Crippen molar-refractivity contribution in [2.45, 2.75) is 24.9 Å². The third-order valence-electron chi connectivity index (χ3n) is 5.79. The van der Waals surface area contributed by atoms with E-state index in [1.165, 1.54) is 11.6 Å². The van der Waals surface area contributed by atoms with Crippen LogP contribution in [0.2, 0.25) is 0 Å². The van der Waals surface area contributed by atoms with Crippen molar-refractivity contribution >= 4 is 28.3 Å². The zero-order valence-corrected chi connectivity index (χ0v) is 17.5. The third-order valence-corrected chi connectivity index (χ3v) is 5.79. The molecule has 0 radical (unpaired) electrons. The maximum atomic E-state index is 13.2. The van der Waals surface area contributed by atoms with Gasteiger partial charge in [-0.15, -0.1) is 5.10 Å². The van der Waals surface area contributed by atoms with Gasteiger partial charge in [-0.3, -0.25) is 4.68 Å². The van der Waals surface area contributed by atoms with Gasteiger partial charge in [-0.05, 0) is 25.0 Å². The molecule has 9 nitrogen and oxygen atoms in total. The maximum Gasteiger partial charge on any atom is 0.433 e. The van der Waals surface area contributed by atoms with Crippen molar-refractivity contribution in [3.8, 4) is 5.75 Å². The molecule has 3 aromatic heterocycles. The number of fused-ring (bicyclic) bond motifs is 3. The lowest BCUT2D eigenvalue weighted by molar-refractivity contribution is -0.143. The number of nitrogens with zero attached hydrogens (tertiary/aromatic N) is 7. The normalized spacial score (nSPS) is 17.4. The molecular weight excluding hydrogens is 425 g/mol. The summed E-state index contributed by atoms with van der Waals surface area (Å²) in [5.41, 5.74) is 6.51. The quantitative estimate of drug-likeness (QED) is 0.516. The van der Waals surface area contributed by atoms with E-state index in [9.17, 15) is 13.2 Å². The lowest BCUT2D eigenvalue weighted by atomic mass is 9.97. The van der Waals surface area contributed by atoms with Crippen LogP contribution >= 0.6 is 0 Å². The average molecular weight is 446 g/mol. The van der Waals surface area contributed by atoms with Crippen LogP contribution in [-0.2, 0) is 13.2 Å². The average Bonchev–Trinajstić information content (AvgIpc) is 3.38. The van der Waals surface area contributed by atoms with Crippen LogP contribution < -0.4 is 15.4 Å². The summed E-state index contributed by atoms with van der Waals surface area (Å²) in [7, 11) is 2.86. The molecule has 168 valence electrons. The van der Waals surface area contributed by atoms with Crippen LogP contribution in [0.25, 0.3) is 16.6 Å². The molecule has 4 aromatic rings. The van der Waals surface area contributed by atoms with Gasteiger partial charge in [0.05, 0.1) is 7.11 Å². The summed E-state index contributed by atoms with van der Waals surface area (Å²) < 4.78 is 47.3. The topological polar surface area (TPSA) is 99.4 Å². The van der Waals surface area contributed by atoms with Gasteiger partial charge in [0, 0.05) is 37.5 Å². The molecule has 1 atom stereocenters. The number of ether oxygens (including phenoxy) is 1. The predicted octanol–water partition coefficient (Wildman–Crippen LogP) is 3.00. The van der Waals surface area contributed by atoms with E-state index in [4.69, 9.17) is 15.5 Å². The Morgan fingerprint density at radius 1 is 1.19 bits per heavy atom. The summed E-state index contributed by atoms with van der Waals surface area (Å²) in [5.74, 6) is 1.55. The minimum atomic E-state index is -4.45. The molecule has 1 fully saturated rings. The van der Waals surface area contributed by atoms with E-state index in [2.05, 4.69) is 15.2 Å². The Kier molecular flexibility index (Phi) is 4.60. The highest BCUT2D eigenvalue weighted by atomic mass is 19.4. The predicted molar refractivity (Wildman–Crippen MR) is 112 cm³/mol. The number of hydrogen-bond acceptors (Lipinski definition) is 7. The summed E-state index contributed by atoms with van der Waals surface area (Å²) >= 11 is 0. The Morgan fingerprint density at radius 2 is 2.00 bits per heavy atom. The number of piperidine rings is 1. The molecular formula is C20H21F3N8O. The van der Waals surface area contributed by atoms with E-state index in [1.807, 2.05) is 17.0 Å². The number of rotatable bonds is 3. The van der Waals surface area contributed by atoms with Crippen LogP contribution in [-0.4, -0.2) is 49.6 Å². The molecule has 5 rings (SSSR count). The fraction of sp³-hybridized carbons (Fsp3) is 0.400. The van der Waals surface area contributed by atoms with Gasteiger partial charge in [0.15, 0.2) is 17.3 Å². The first-order chi connectivity index (χ1) is 15.3. The molecule has 1 aliphatic heterocycles. The Morgan fingerprint density at radius 3 is 2.72 bits per heavy atom. The van der Waals surface area contributed by atoms with Gasteiger partial charge in [-0.1, -0.05) is 6.07 Å². The molecule has 1 aromatic carbocycles. The van der Waals surface area contributed by atoms with Crippen molar-refractivity contribution in [2.75, 3.05) is 30.8 Å². The summed E-state index contributed by atoms with van der Waals surface area (Å²) in [6.45, 7) is 1.07. The number of nitrogens with two attached hydrogens (primary N) is 1. The number of para-hydroxylation sites is 1. The molecule has 4 heterocycles. The molecule has 1 aliphatic rings. The number of methoxy groups -OCH3 is 1. The highest BCUT2D eigenvalue weighted by Gasteiger charge is 2.36. The summed E-state index contributed by atoms with van der Waals surface area (Å²) in [6, 6.07) is 6.59. The van der Waals surface area contributed by atoms with Gasteiger partial charge in [-0.2, -0.15) is 22.8 Å². The van der Waals surface area contributed by atoms with Crippen LogP contribution in [0, 0.1) is 0 Å². The third kappa shape index (κ3) is 3.26. The fourth-order valence-corrected chi connectivity index (χ4v) is 4.25. The second-order valence-electron chi connectivity index (χ2n) is 7.83. The Hall–Kier alpha value is -3.57. The first kappa shape index (κ1) is 20.3. The summed E-state index contributed by atoms with van der Waals surface area (Å²) in [6.07, 6.45) is -2.87. The van der Waals surface area contributed by atoms with E-state index in [-0.39, 0.29) is 11.9 Å². The van der Waals surface area contributed by atoms with Gasteiger partial charge in [0.2, 0.25) is 5.95 Å². The number of halogens is 3. The van der Waals surface area contributed by atoms with Crippen molar-refractivity contribution in [2.24, 2.45) is 7.05 Å². The molecule has 2 N–H and O–H groups in total. The number of nitrogen functional groups attached to an aromatic ring is 1. The standard InChI is InChI=1S/C20H21F3N8O/c1-29-14(20(21,22)23)9-15(27-29)30-8-4-5-11(10-30)17-26-18-12-6-3-7-13(32-2)16(12)25-19(24)31(18)28-17/h3,6-7,9,11H,4-5,8,10H2,1-2H3,(H2,24,25)/t11-/m1/s1. The minimum Gasteiger partial charge on any atom is -0.494 e. The van der Waals surface area contributed by atoms with Crippen LogP contribution in [0.4, 0.5) is 24.9 Å². The van der Waals surface area contributed by atoms with E-state index in [0.717, 1.165) is 29.0 Å². The zero-order valence-electron chi connectivity index (χ0n) is 17.5. The molecule has 32 heavy (non-hydrogen) atoms. The van der Waals surface area contributed by atoms with Crippen molar-refractivity contribution in [1.29, 1.82) is 0 Å². The second kappa shape index (κ2) is 7.24. The smallest absolute Gasteiger partial charge is 0.433 e. The fourth-order valence-electron chi connectivity index (χ4n) is 4.25. The van der Waals surface area contributed by atoms with Crippen molar-refractivity contribution in [3.05, 3.63) is 35.8 Å². The molecule has 0 aliphatic carbocycles. The summed E-state index contributed by atoms with van der Waals surface area (Å²) in [5, 5.41) is 9.41. The number of alkyl halides is 3. The Labute approximate surface area is 180 Å². The first-order valence-corrected chi connectivity index (χ1v) is 10.1. The van der Waals surface area contributed by atoms with Crippen LogP contribution in [0.5, 0.6) is 5.75 Å². The lowest BCUT2D eigenvalue weighted by Gasteiger charge is -2.31. The number of aryl methyl sites for hydroxylation is 1. The molecule has 0 spiro atoms. The van der Waals surface area contributed by atoms with Crippen molar-refractivity contribution < 1.29 is 17.9 Å². The van der Waals surface area contributed by atoms with Gasteiger partial charge < -0.3 is 15.4 Å². The Balaban J connectivity index is 1.50. The Bertz CT molecular complexity index is 1310. The van der Waals surface area contributed by atoms with Gasteiger partial charge in [-0.25, -0.2) is 9.97 Å². The van der Waals surface area contributed by atoms with Gasteiger partial charge in [0.25, 0.3) is 0 Å². The monoisotopic (exact) mass is 446 g/mol. The molecule has 0 amide bonds. The molecule has 12 heteroatoms. The highest BCUT2D eigenvalue weighted by molar-refractivity contribution is 5.95. The summed E-state index contributed by atoms with van der Waals surface area (Å²) in [4.78, 5) is 11.0. The van der Waals surface area contributed by atoms with Crippen LogP contribution in [0.3, 0.4) is 0 Å². The van der Waals surface area contributed by atoms with E-state index in [0.29, 0.717) is 41.6 Å². The first-order valence-electron chi connectivity index (χ1n) is 10.1. The number of anilines is 2. The second-order valence-corrected chi connectivity index (χ2v) is 7.83. The molecule has 1 saturated heterocycles. The van der Waals surface area contributed by atoms with E-state index in [1.54, 1.807) is 13.2 Å².